The smallest absolute Gasteiger partial charge is 0.251 e. The van der Waals surface area contributed by atoms with Crippen molar-refractivity contribution in [2.45, 2.75) is 6.04 Å². The zero-order valence-corrected chi connectivity index (χ0v) is 17.8. The van der Waals surface area contributed by atoms with E-state index in [2.05, 4.69) is 10.6 Å². The summed E-state index contributed by atoms with van der Waals surface area (Å²) in [6, 6.07) is 25.9. The fourth-order valence-electron chi connectivity index (χ4n) is 3.15. The fourth-order valence-corrected chi connectivity index (χ4v) is 3.15. The molecule has 0 aliphatic carbocycles. The van der Waals surface area contributed by atoms with Crippen LogP contribution in [0.2, 0.25) is 0 Å². The summed E-state index contributed by atoms with van der Waals surface area (Å²) in [5, 5.41) is 5.69. The molecule has 0 aromatic heterocycles. The Morgan fingerprint density at radius 1 is 0.839 bits per heavy atom. The van der Waals surface area contributed by atoms with Crippen LogP contribution in [0.15, 0.2) is 84.9 Å². The number of likely N-dealkylation sites (N-methyl/N-ethyl adjacent to an activating group) is 1. The number of ether oxygens (including phenoxy) is 1. The lowest BCUT2D eigenvalue weighted by Crippen LogP contribution is -3.06. The van der Waals surface area contributed by atoms with Crippen LogP contribution in [0.3, 0.4) is 0 Å². The number of hydrogen-bond donors (Lipinski definition) is 3. The van der Waals surface area contributed by atoms with Gasteiger partial charge in [-0.25, -0.2) is 0 Å². The SMILES string of the molecule is C[NH+](C)C[C@H](NC(=O)CNC(=O)c1ccc(Oc2ccccc2)cc1)c1ccccc1. The van der Waals surface area contributed by atoms with Gasteiger partial charge in [0, 0.05) is 5.56 Å². The third kappa shape index (κ3) is 6.97. The minimum atomic E-state index is -0.309. The summed E-state index contributed by atoms with van der Waals surface area (Å²) in [6.45, 7) is 0.653. The Kier molecular flexibility index (Phi) is 7.79. The predicted octanol–water partition coefficient (Wildman–Crippen LogP) is 2.21. The molecule has 0 unspecified atom stereocenters. The maximum atomic E-state index is 12.4. The lowest BCUT2D eigenvalue weighted by atomic mass is 10.1. The van der Waals surface area contributed by atoms with Gasteiger partial charge in [0.1, 0.15) is 24.1 Å². The minimum absolute atomic E-state index is 0.0901. The summed E-state index contributed by atoms with van der Waals surface area (Å²) in [5.74, 6) is 0.824. The van der Waals surface area contributed by atoms with Gasteiger partial charge < -0.3 is 20.3 Å². The second kappa shape index (κ2) is 10.9. The van der Waals surface area contributed by atoms with Crippen LogP contribution in [-0.2, 0) is 4.79 Å². The van der Waals surface area contributed by atoms with Gasteiger partial charge in [0.25, 0.3) is 5.91 Å². The standard InChI is InChI=1S/C25H27N3O3/c1-28(2)18-23(19-9-5-3-6-10-19)27-24(29)17-26-25(30)20-13-15-22(16-14-20)31-21-11-7-4-8-12-21/h3-16,23H,17-18H2,1-2H3,(H,26,30)(H,27,29)/p+1/t23-/m0/s1. The van der Waals surface area contributed by atoms with Crippen LogP contribution in [0.1, 0.15) is 22.0 Å². The van der Waals surface area contributed by atoms with Gasteiger partial charge in [0.15, 0.2) is 0 Å². The average Bonchev–Trinajstić information content (AvgIpc) is 2.78. The van der Waals surface area contributed by atoms with Crippen LogP contribution >= 0.6 is 0 Å². The van der Waals surface area contributed by atoms with Crippen LogP contribution < -0.4 is 20.3 Å². The summed E-state index contributed by atoms with van der Waals surface area (Å²) in [7, 11) is 4.07. The monoisotopic (exact) mass is 418 g/mol. The summed E-state index contributed by atoms with van der Waals surface area (Å²) in [5.41, 5.74) is 1.50. The van der Waals surface area contributed by atoms with Gasteiger partial charge in [0.05, 0.1) is 20.6 Å². The molecule has 0 spiro atoms. The molecule has 0 aliphatic rings. The van der Waals surface area contributed by atoms with Crippen LogP contribution in [0.25, 0.3) is 0 Å². The molecule has 3 N–H and O–H groups in total. The molecule has 0 bridgehead atoms. The molecule has 2 amide bonds. The average molecular weight is 419 g/mol. The first-order chi connectivity index (χ1) is 15.0. The number of para-hydroxylation sites is 1. The molecular formula is C25H28N3O3+. The third-order valence-electron chi connectivity index (χ3n) is 4.65. The van der Waals surface area contributed by atoms with Crippen LogP contribution in [0, 0.1) is 0 Å². The van der Waals surface area contributed by atoms with Crippen molar-refractivity contribution in [2.75, 3.05) is 27.2 Å². The molecule has 0 aliphatic heterocycles. The Balaban J connectivity index is 1.52. The Morgan fingerprint density at radius 3 is 2.03 bits per heavy atom. The van der Waals surface area contributed by atoms with Crippen LogP contribution in [-0.4, -0.2) is 39.0 Å². The van der Waals surface area contributed by atoms with E-state index < -0.39 is 0 Å². The number of amides is 2. The first kappa shape index (κ1) is 22.1. The molecule has 0 fully saturated rings. The van der Waals surface area contributed by atoms with Gasteiger partial charge in [0.2, 0.25) is 5.91 Å². The molecule has 31 heavy (non-hydrogen) atoms. The zero-order valence-electron chi connectivity index (χ0n) is 17.8. The van der Waals surface area contributed by atoms with Gasteiger partial charge >= 0.3 is 0 Å². The fraction of sp³-hybridized carbons (Fsp3) is 0.200. The van der Waals surface area contributed by atoms with E-state index in [1.54, 1.807) is 24.3 Å². The second-order valence-electron chi connectivity index (χ2n) is 7.56. The number of hydrogen-bond acceptors (Lipinski definition) is 3. The van der Waals surface area contributed by atoms with Crippen LogP contribution in [0.5, 0.6) is 11.5 Å². The highest BCUT2D eigenvalue weighted by Gasteiger charge is 2.18. The Morgan fingerprint density at radius 2 is 1.42 bits per heavy atom. The van der Waals surface area contributed by atoms with E-state index in [9.17, 15) is 9.59 Å². The van der Waals surface area contributed by atoms with E-state index in [1.165, 1.54) is 4.90 Å². The molecule has 3 rings (SSSR count). The van der Waals surface area contributed by atoms with Gasteiger partial charge in [-0.05, 0) is 42.0 Å². The number of benzene rings is 3. The topological polar surface area (TPSA) is 71.9 Å². The van der Waals surface area contributed by atoms with E-state index in [4.69, 9.17) is 4.74 Å². The maximum absolute atomic E-state index is 12.4. The van der Waals surface area contributed by atoms with E-state index in [1.807, 2.05) is 74.8 Å². The molecule has 0 saturated carbocycles. The Bertz CT molecular complexity index is 974. The van der Waals surface area contributed by atoms with Crippen molar-refractivity contribution in [1.82, 2.24) is 10.6 Å². The molecular weight excluding hydrogens is 390 g/mol. The van der Waals surface area contributed by atoms with Gasteiger partial charge in [-0.15, -0.1) is 0 Å². The van der Waals surface area contributed by atoms with Crippen molar-refractivity contribution >= 4 is 11.8 Å². The summed E-state index contributed by atoms with van der Waals surface area (Å²) >= 11 is 0. The lowest BCUT2D eigenvalue weighted by Gasteiger charge is -2.21. The predicted molar refractivity (Wildman–Crippen MR) is 120 cm³/mol. The number of quaternary nitrogens is 1. The molecule has 6 nitrogen and oxygen atoms in total. The van der Waals surface area contributed by atoms with Crippen LogP contribution in [0.4, 0.5) is 0 Å². The van der Waals surface area contributed by atoms with Crippen molar-refractivity contribution in [3.8, 4) is 11.5 Å². The van der Waals surface area contributed by atoms with Gasteiger partial charge in [-0.3, -0.25) is 9.59 Å². The summed E-state index contributed by atoms with van der Waals surface area (Å²) < 4.78 is 5.73. The zero-order chi connectivity index (χ0) is 22.1. The second-order valence-corrected chi connectivity index (χ2v) is 7.56. The molecule has 1 atom stereocenters. The van der Waals surface area contributed by atoms with Crippen molar-refractivity contribution < 1.29 is 19.2 Å². The Hall–Kier alpha value is -3.64. The highest BCUT2D eigenvalue weighted by Crippen LogP contribution is 2.21. The number of carbonyl (C=O) groups excluding carboxylic acids is 2. The highest BCUT2D eigenvalue weighted by molar-refractivity contribution is 5.96. The van der Waals surface area contributed by atoms with Gasteiger partial charge in [-0.1, -0.05) is 48.5 Å². The molecule has 0 heterocycles. The van der Waals surface area contributed by atoms with E-state index in [0.717, 1.165) is 17.9 Å². The largest absolute Gasteiger partial charge is 0.457 e. The minimum Gasteiger partial charge on any atom is -0.457 e. The molecule has 3 aromatic carbocycles. The van der Waals surface area contributed by atoms with E-state index >= 15 is 0 Å². The van der Waals surface area contributed by atoms with Gasteiger partial charge in [-0.2, -0.15) is 0 Å². The van der Waals surface area contributed by atoms with Crippen molar-refractivity contribution in [1.29, 1.82) is 0 Å². The number of carbonyl (C=O) groups is 2. The maximum Gasteiger partial charge on any atom is 0.251 e. The number of rotatable bonds is 9. The van der Waals surface area contributed by atoms with E-state index in [-0.39, 0.29) is 24.4 Å². The van der Waals surface area contributed by atoms with Crippen molar-refractivity contribution in [2.24, 2.45) is 0 Å². The summed E-state index contributed by atoms with van der Waals surface area (Å²) in [6.07, 6.45) is 0. The quantitative estimate of drug-likeness (QED) is 0.499. The number of nitrogens with one attached hydrogen (secondary N) is 3. The Labute approximate surface area is 182 Å². The first-order valence-corrected chi connectivity index (χ1v) is 10.3. The lowest BCUT2D eigenvalue weighted by molar-refractivity contribution is -0.860. The molecule has 6 heteroatoms. The normalized spacial score (nSPS) is 11.6. The van der Waals surface area contributed by atoms with E-state index in [0.29, 0.717) is 11.3 Å². The van der Waals surface area contributed by atoms with Crippen molar-refractivity contribution in [3.63, 3.8) is 0 Å². The van der Waals surface area contributed by atoms with Crippen molar-refractivity contribution in [3.05, 3.63) is 96.1 Å². The molecule has 160 valence electrons. The first-order valence-electron chi connectivity index (χ1n) is 10.3. The molecule has 0 radical (unpaired) electrons. The highest BCUT2D eigenvalue weighted by atomic mass is 16.5. The molecule has 3 aromatic rings. The summed E-state index contributed by atoms with van der Waals surface area (Å²) in [4.78, 5) is 26.1. The third-order valence-corrected chi connectivity index (χ3v) is 4.65. The molecule has 0 saturated heterocycles.